The van der Waals surface area contributed by atoms with Gasteiger partial charge in [-0.25, -0.2) is 9.78 Å². The molecule has 3 rings (SSSR count). The third kappa shape index (κ3) is 3.27. The van der Waals surface area contributed by atoms with Crippen LogP contribution in [-0.2, 0) is 11.0 Å². The lowest BCUT2D eigenvalue weighted by Gasteiger charge is -2.33. The molecule has 26 heavy (non-hydrogen) atoms. The Morgan fingerprint density at radius 3 is 2.46 bits per heavy atom. The van der Waals surface area contributed by atoms with Crippen molar-refractivity contribution in [2.24, 2.45) is 0 Å². The normalized spacial score (nSPS) is 17.2. The van der Waals surface area contributed by atoms with Crippen molar-refractivity contribution in [1.82, 2.24) is 10.3 Å². The molecule has 2 aromatic heterocycles. The summed E-state index contributed by atoms with van der Waals surface area (Å²) in [4.78, 5) is 28.3. The number of rotatable bonds is 3. The number of carboxylic acid groups (broad SMARTS) is 1. The highest BCUT2D eigenvalue weighted by molar-refractivity contribution is 7.20. The molecule has 9 heteroatoms. The van der Waals surface area contributed by atoms with E-state index in [1.54, 1.807) is 6.92 Å². The van der Waals surface area contributed by atoms with Crippen LogP contribution in [0.3, 0.4) is 0 Å². The van der Waals surface area contributed by atoms with Crippen LogP contribution in [0.25, 0.3) is 10.2 Å². The van der Waals surface area contributed by atoms with E-state index in [4.69, 9.17) is 0 Å². The smallest absolute Gasteiger partial charge is 0.433 e. The lowest BCUT2D eigenvalue weighted by Crippen LogP contribution is -2.55. The SMILES string of the molecule is Cc1c(C(=O)NC2(C(=O)O)CCCCC2)sc2nc(C(F)(F)F)ccc12. The van der Waals surface area contributed by atoms with Crippen LogP contribution in [0.1, 0.15) is 53.0 Å². The van der Waals surface area contributed by atoms with Crippen LogP contribution >= 0.6 is 11.3 Å². The largest absolute Gasteiger partial charge is 0.480 e. The van der Waals surface area contributed by atoms with Crippen molar-refractivity contribution < 1.29 is 27.9 Å². The van der Waals surface area contributed by atoms with Crippen molar-refractivity contribution in [3.05, 3.63) is 28.3 Å². The molecule has 0 unspecified atom stereocenters. The van der Waals surface area contributed by atoms with Crippen LogP contribution in [-0.4, -0.2) is 27.5 Å². The molecule has 2 heterocycles. The summed E-state index contributed by atoms with van der Waals surface area (Å²) in [6, 6.07) is 2.17. The Bertz CT molecular complexity index is 870. The number of halogens is 3. The van der Waals surface area contributed by atoms with Crippen LogP contribution in [0.4, 0.5) is 13.2 Å². The highest BCUT2D eigenvalue weighted by Gasteiger charge is 2.41. The van der Waals surface area contributed by atoms with E-state index in [0.717, 1.165) is 23.8 Å². The summed E-state index contributed by atoms with van der Waals surface area (Å²) in [6.45, 7) is 1.62. The molecule has 0 atom stereocenters. The quantitative estimate of drug-likeness (QED) is 0.831. The van der Waals surface area contributed by atoms with E-state index in [0.29, 0.717) is 36.6 Å². The molecule has 0 aliphatic heterocycles. The molecule has 5 nitrogen and oxygen atoms in total. The van der Waals surface area contributed by atoms with Gasteiger partial charge in [-0.1, -0.05) is 19.3 Å². The molecule has 0 saturated heterocycles. The Hall–Kier alpha value is -2.16. The zero-order valence-corrected chi connectivity index (χ0v) is 14.8. The van der Waals surface area contributed by atoms with Crippen LogP contribution in [0.15, 0.2) is 12.1 Å². The molecule has 1 saturated carbocycles. The fourth-order valence-electron chi connectivity index (χ4n) is 3.30. The Kier molecular flexibility index (Phi) is 4.68. The molecule has 2 aromatic rings. The number of carbonyl (C=O) groups excluding carboxylic acids is 1. The van der Waals surface area contributed by atoms with Crippen LogP contribution in [0, 0.1) is 6.92 Å². The number of aromatic nitrogens is 1. The molecule has 1 amide bonds. The molecule has 1 aliphatic rings. The highest BCUT2D eigenvalue weighted by Crippen LogP contribution is 2.35. The number of alkyl halides is 3. The summed E-state index contributed by atoms with van der Waals surface area (Å²) in [5, 5.41) is 12.6. The van der Waals surface area contributed by atoms with E-state index >= 15 is 0 Å². The number of nitrogens with one attached hydrogen (secondary N) is 1. The van der Waals surface area contributed by atoms with Gasteiger partial charge >= 0.3 is 12.1 Å². The molecule has 2 N–H and O–H groups in total. The Morgan fingerprint density at radius 2 is 1.88 bits per heavy atom. The summed E-state index contributed by atoms with van der Waals surface area (Å²) < 4.78 is 38.5. The number of carbonyl (C=O) groups is 2. The number of amides is 1. The Morgan fingerprint density at radius 1 is 1.23 bits per heavy atom. The maximum atomic E-state index is 12.8. The molecular formula is C17H17F3N2O3S. The molecule has 140 valence electrons. The van der Waals surface area contributed by atoms with Crippen molar-refractivity contribution in [3.8, 4) is 0 Å². The molecule has 0 spiro atoms. The van der Waals surface area contributed by atoms with Crippen molar-refractivity contribution in [3.63, 3.8) is 0 Å². The molecule has 0 bridgehead atoms. The number of aliphatic carboxylic acids is 1. The summed E-state index contributed by atoms with van der Waals surface area (Å²) in [5.41, 5.74) is -1.84. The molecule has 1 aliphatic carbocycles. The van der Waals surface area contributed by atoms with E-state index in [9.17, 15) is 27.9 Å². The summed E-state index contributed by atoms with van der Waals surface area (Å²) in [6.07, 6.45) is -1.56. The van der Waals surface area contributed by atoms with Gasteiger partial charge < -0.3 is 10.4 Å². The van der Waals surface area contributed by atoms with Gasteiger partial charge in [0, 0.05) is 5.39 Å². The monoisotopic (exact) mass is 386 g/mol. The van der Waals surface area contributed by atoms with Crippen LogP contribution in [0.2, 0.25) is 0 Å². The average molecular weight is 386 g/mol. The predicted octanol–water partition coefficient (Wildman–Crippen LogP) is 4.14. The maximum absolute atomic E-state index is 12.8. The number of nitrogens with zero attached hydrogens (tertiary/aromatic N) is 1. The number of aryl methyl sites for hydroxylation is 1. The fourth-order valence-corrected chi connectivity index (χ4v) is 4.37. The minimum absolute atomic E-state index is 0.107. The minimum Gasteiger partial charge on any atom is -0.480 e. The first kappa shape index (κ1) is 18.6. The summed E-state index contributed by atoms with van der Waals surface area (Å²) in [5.74, 6) is -1.66. The van der Waals surface area contributed by atoms with Gasteiger partial charge in [0.2, 0.25) is 0 Å². The number of pyridine rings is 1. The average Bonchev–Trinajstić information content (AvgIpc) is 2.91. The third-order valence-electron chi connectivity index (χ3n) is 4.77. The van der Waals surface area contributed by atoms with Gasteiger partial charge in [0.25, 0.3) is 5.91 Å². The zero-order chi connectivity index (χ0) is 19.1. The second-order valence-electron chi connectivity index (χ2n) is 6.51. The van der Waals surface area contributed by atoms with E-state index in [2.05, 4.69) is 10.3 Å². The van der Waals surface area contributed by atoms with Crippen molar-refractivity contribution in [2.45, 2.75) is 50.7 Å². The van der Waals surface area contributed by atoms with Gasteiger partial charge in [0.15, 0.2) is 0 Å². The zero-order valence-electron chi connectivity index (χ0n) is 13.9. The first-order valence-electron chi connectivity index (χ1n) is 8.17. The molecular weight excluding hydrogens is 369 g/mol. The Balaban J connectivity index is 1.95. The molecule has 1 fully saturated rings. The van der Waals surface area contributed by atoms with E-state index < -0.39 is 29.3 Å². The van der Waals surface area contributed by atoms with Gasteiger partial charge in [-0.2, -0.15) is 13.2 Å². The third-order valence-corrected chi connectivity index (χ3v) is 5.97. The number of hydrogen-bond acceptors (Lipinski definition) is 4. The van der Waals surface area contributed by atoms with Crippen molar-refractivity contribution >= 4 is 33.4 Å². The summed E-state index contributed by atoms with van der Waals surface area (Å²) in [7, 11) is 0. The molecule has 0 radical (unpaired) electrons. The second-order valence-corrected chi connectivity index (χ2v) is 7.50. The fraction of sp³-hybridized carbons (Fsp3) is 0.471. The lowest BCUT2D eigenvalue weighted by molar-refractivity contribution is -0.146. The number of thiophene rings is 1. The van der Waals surface area contributed by atoms with Crippen LogP contribution < -0.4 is 5.32 Å². The van der Waals surface area contributed by atoms with Gasteiger partial charge in [-0.15, -0.1) is 11.3 Å². The predicted molar refractivity (Wildman–Crippen MR) is 90.3 cm³/mol. The Labute approximate surface area is 151 Å². The summed E-state index contributed by atoms with van der Waals surface area (Å²) >= 11 is 0.845. The van der Waals surface area contributed by atoms with Gasteiger partial charge in [-0.3, -0.25) is 4.79 Å². The number of fused-ring (bicyclic) bond motifs is 1. The first-order valence-corrected chi connectivity index (χ1v) is 8.99. The van der Waals surface area contributed by atoms with Crippen molar-refractivity contribution in [1.29, 1.82) is 0 Å². The first-order chi connectivity index (χ1) is 12.1. The number of hydrogen-bond donors (Lipinski definition) is 2. The maximum Gasteiger partial charge on any atom is 0.433 e. The highest BCUT2D eigenvalue weighted by atomic mass is 32.1. The van der Waals surface area contributed by atoms with Gasteiger partial charge in [0.1, 0.15) is 16.1 Å². The standard InChI is InChI=1S/C17H17F3N2O3S/c1-9-10-5-6-11(17(18,19)20)21-14(10)26-12(9)13(23)22-16(15(24)25)7-3-2-4-8-16/h5-6H,2-4,7-8H2,1H3,(H,22,23)(H,24,25). The van der Waals surface area contributed by atoms with E-state index in [1.165, 1.54) is 6.07 Å². The number of carboxylic acids is 1. The second kappa shape index (κ2) is 6.53. The minimum atomic E-state index is -4.57. The lowest BCUT2D eigenvalue weighted by atomic mass is 9.81. The van der Waals surface area contributed by atoms with Gasteiger partial charge in [-0.05, 0) is 37.5 Å². The van der Waals surface area contributed by atoms with Crippen LogP contribution in [0.5, 0.6) is 0 Å². The topological polar surface area (TPSA) is 79.3 Å². The van der Waals surface area contributed by atoms with Gasteiger partial charge in [0.05, 0.1) is 4.88 Å². The molecule has 0 aromatic carbocycles. The van der Waals surface area contributed by atoms with E-state index in [-0.39, 0.29) is 9.71 Å². The van der Waals surface area contributed by atoms with Crippen molar-refractivity contribution in [2.75, 3.05) is 0 Å². The van der Waals surface area contributed by atoms with E-state index in [1.807, 2.05) is 0 Å².